The molecule has 0 N–H and O–H groups in total. The highest BCUT2D eigenvalue weighted by atomic mass is 14.7. The van der Waals surface area contributed by atoms with Crippen molar-refractivity contribution in [3.63, 3.8) is 0 Å². The van der Waals surface area contributed by atoms with Crippen LogP contribution in [0.1, 0.15) is 16.8 Å². The van der Waals surface area contributed by atoms with Gasteiger partial charge in [0, 0.05) is 10.8 Å². The maximum Gasteiger partial charge on any atom is 0.0790 e. The van der Waals surface area contributed by atoms with E-state index in [4.69, 9.17) is 4.98 Å². The molecule has 0 fully saturated rings. The predicted molar refractivity (Wildman–Crippen MR) is 99.4 cm³/mol. The Morgan fingerprint density at radius 3 is 2.39 bits per heavy atom. The number of nitrogens with zero attached hydrogens (tertiary/aromatic N) is 1. The molecule has 4 rings (SSSR count). The van der Waals surface area contributed by atoms with Gasteiger partial charge in [-0.25, -0.2) is 4.98 Å². The molecule has 0 aliphatic carbocycles. The van der Waals surface area contributed by atoms with Crippen LogP contribution in [-0.2, 0) is 0 Å². The normalized spacial score (nSPS) is 11.5. The number of hydrogen-bond donors (Lipinski definition) is 0. The molecule has 0 spiro atoms. The van der Waals surface area contributed by atoms with E-state index in [1.54, 1.807) is 0 Å². The van der Waals surface area contributed by atoms with Crippen molar-refractivity contribution >= 4 is 33.8 Å². The standard InChI is InChI=1S/C22H17N/c1-16-15-19(13-11-17-7-3-2-4-8-17)23-22-20(16)14-12-18-9-5-6-10-21(18)22/h2-15H,1H3. The number of aryl methyl sites for hydroxylation is 1. The van der Waals surface area contributed by atoms with Crippen molar-refractivity contribution in [2.45, 2.75) is 6.92 Å². The minimum atomic E-state index is 0.996. The van der Waals surface area contributed by atoms with E-state index >= 15 is 0 Å². The quantitative estimate of drug-likeness (QED) is 0.422. The van der Waals surface area contributed by atoms with E-state index in [-0.39, 0.29) is 0 Å². The second-order valence-corrected chi connectivity index (χ2v) is 5.79. The first kappa shape index (κ1) is 13.7. The highest BCUT2D eigenvalue weighted by molar-refractivity contribution is 6.06. The van der Waals surface area contributed by atoms with Crippen LogP contribution in [0, 0.1) is 6.92 Å². The Labute approximate surface area is 135 Å². The van der Waals surface area contributed by atoms with Crippen molar-refractivity contribution in [3.8, 4) is 0 Å². The lowest BCUT2D eigenvalue weighted by Gasteiger charge is -2.07. The van der Waals surface area contributed by atoms with Gasteiger partial charge in [-0.1, -0.05) is 72.8 Å². The van der Waals surface area contributed by atoms with Gasteiger partial charge in [0.25, 0.3) is 0 Å². The third kappa shape index (κ3) is 2.62. The lowest BCUT2D eigenvalue weighted by atomic mass is 10.0. The summed E-state index contributed by atoms with van der Waals surface area (Å²) in [5.41, 5.74) is 4.52. The van der Waals surface area contributed by atoms with Crippen LogP contribution in [0.3, 0.4) is 0 Å². The monoisotopic (exact) mass is 295 g/mol. The molecule has 3 aromatic carbocycles. The fourth-order valence-corrected chi connectivity index (χ4v) is 2.99. The van der Waals surface area contributed by atoms with Crippen LogP contribution < -0.4 is 0 Å². The Kier molecular flexibility index (Phi) is 3.39. The van der Waals surface area contributed by atoms with Crippen molar-refractivity contribution in [2.75, 3.05) is 0 Å². The molecule has 110 valence electrons. The average molecular weight is 295 g/mol. The summed E-state index contributed by atoms with van der Waals surface area (Å²) in [6, 6.07) is 25.2. The van der Waals surface area contributed by atoms with Gasteiger partial charge < -0.3 is 0 Å². The van der Waals surface area contributed by atoms with E-state index in [1.165, 1.54) is 27.3 Å². The summed E-state index contributed by atoms with van der Waals surface area (Å²) in [7, 11) is 0. The first-order valence-corrected chi connectivity index (χ1v) is 7.83. The summed E-state index contributed by atoms with van der Waals surface area (Å²) in [6.45, 7) is 2.15. The molecule has 0 unspecified atom stereocenters. The molecular weight excluding hydrogens is 278 g/mol. The summed E-state index contributed by atoms with van der Waals surface area (Å²) in [4.78, 5) is 4.89. The second kappa shape index (κ2) is 5.69. The van der Waals surface area contributed by atoms with Gasteiger partial charge in [-0.15, -0.1) is 0 Å². The predicted octanol–water partition coefficient (Wildman–Crippen LogP) is 5.87. The molecule has 1 nitrogen and oxygen atoms in total. The molecule has 23 heavy (non-hydrogen) atoms. The van der Waals surface area contributed by atoms with Gasteiger partial charge in [0.15, 0.2) is 0 Å². The number of rotatable bonds is 2. The molecular formula is C22H17N. The fraction of sp³-hybridized carbons (Fsp3) is 0.0455. The van der Waals surface area contributed by atoms with Crippen molar-refractivity contribution in [1.29, 1.82) is 0 Å². The van der Waals surface area contributed by atoms with Crippen molar-refractivity contribution < 1.29 is 0 Å². The number of aromatic nitrogens is 1. The second-order valence-electron chi connectivity index (χ2n) is 5.79. The van der Waals surface area contributed by atoms with Gasteiger partial charge in [-0.05, 0) is 35.6 Å². The van der Waals surface area contributed by atoms with Crippen LogP contribution in [0.2, 0.25) is 0 Å². The molecule has 0 radical (unpaired) electrons. The van der Waals surface area contributed by atoms with Gasteiger partial charge in [-0.2, -0.15) is 0 Å². The van der Waals surface area contributed by atoms with Gasteiger partial charge in [0.1, 0.15) is 0 Å². The first-order valence-electron chi connectivity index (χ1n) is 7.83. The van der Waals surface area contributed by atoms with Gasteiger partial charge >= 0.3 is 0 Å². The van der Waals surface area contributed by atoms with E-state index in [0.717, 1.165) is 11.2 Å². The number of benzene rings is 3. The average Bonchev–Trinajstić information content (AvgIpc) is 2.61. The summed E-state index contributed by atoms with van der Waals surface area (Å²) < 4.78 is 0. The summed E-state index contributed by atoms with van der Waals surface area (Å²) >= 11 is 0. The maximum absolute atomic E-state index is 4.89. The Morgan fingerprint density at radius 2 is 1.52 bits per heavy atom. The Balaban J connectivity index is 1.88. The van der Waals surface area contributed by atoms with Crippen LogP contribution in [-0.4, -0.2) is 4.98 Å². The van der Waals surface area contributed by atoms with E-state index in [9.17, 15) is 0 Å². The molecule has 1 aromatic heterocycles. The van der Waals surface area contributed by atoms with Crippen molar-refractivity contribution in [3.05, 3.63) is 89.6 Å². The van der Waals surface area contributed by atoms with Gasteiger partial charge in [0.2, 0.25) is 0 Å². The largest absolute Gasteiger partial charge is 0.248 e. The van der Waals surface area contributed by atoms with E-state index < -0.39 is 0 Å². The number of hydrogen-bond acceptors (Lipinski definition) is 1. The molecule has 0 atom stereocenters. The molecule has 0 saturated heterocycles. The molecule has 1 heterocycles. The number of pyridine rings is 1. The third-order valence-electron chi connectivity index (χ3n) is 4.18. The minimum Gasteiger partial charge on any atom is -0.248 e. The van der Waals surface area contributed by atoms with Crippen molar-refractivity contribution in [1.82, 2.24) is 4.98 Å². The fourth-order valence-electron chi connectivity index (χ4n) is 2.99. The Bertz CT molecular complexity index is 1010. The number of fused-ring (bicyclic) bond motifs is 3. The highest BCUT2D eigenvalue weighted by Crippen LogP contribution is 2.27. The summed E-state index contributed by atoms with van der Waals surface area (Å²) in [5.74, 6) is 0. The molecule has 0 saturated carbocycles. The van der Waals surface area contributed by atoms with Crippen LogP contribution >= 0.6 is 0 Å². The van der Waals surface area contributed by atoms with Crippen LogP contribution in [0.5, 0.6) is 0 Å². The molecule has 1 heteroatoms. The SMILES string of the molecule is Cc1cc(C=Cc2ccccc2)nc2c1ccc1ccccc12. The van der Waals surface area contributed by atoms with Crippen LogP contribution in [0.15, 0.2) is 72.8 Å². The van der Waals surface area contributed by atoms with Crippen LogP contribution in [0.4, 0.5) is 0 Å². The zero-order valence-electron chi connectivity index (χ0n) is 13.0. The Hall–Kier alpha value is -2.93. The lowest BCUT2D eigenvalue weighted by Crippen LogP contribution is -1.89. The van der Waals surface area contributed by atoms with E-state index in [0.29, 0.717) is 0 Å². The zero-order valence-corrected chi connectivity index (χ0v) is 13.0. The molecule has 4 aromatic rings. The smallest absolute Gasteiger partial charge is 0.0790 e. The van der Waals surface area contributed by atoms with Gasteiger partial charge in [-0.3, -0.25) is 0 Å². The summed E-state index contributed by atoms with van der Waals surface area (Å²) in [6.07, 6.45) is 4.20. The Morgan fingerprint density at radius 1 is 0.739 bits per heavy atom. The molecule has 0 aliphatic rings. The van der Waals surface area contributed by atoms with Gasteiger partial charge in [0.05, 0.1) is 11.2 Å². The van der Waals surface area contributed by atoms with E-state index in [2.05, 4.69) is 73.7 Å². The minimum absolute atomic E-state index is 0.996. The maximum atomic E-state index is 4.89. The van der Waals surface area contributed by atoms with Crippen LogP contribution in [0.25, 0.3) is 33.8 Å². The van der Waals surface area contributed by atoms with E-state index in [1.807, 2.05) is 18.2 Å². The molecule has 0 bridgehead atoms. The third-order valence-corrected chi connectivity index (χ3v) is 4.18. The molecule has 0 aliphatic heterocycles. The highest BCUT2D eigenvalue weighted by Gasteiger charge is 2.05. The molecule has 0 amide bonds. The zero-order chi connectivity index (χ0) is 15.6. The topological polar surface area (TPSA) is 12.9 Å². The summed E-state index contributed by atoms with van der Waals surface area (Å²) in [5, 5.41) is 3.67. The van der Waals surface area contributed by atoms with Crippen molar-refractivity contribution in [2.24, 2.45) is 0 Å². The lowest BCUT2D eigenvalue weighted by molar-refractivity contribution is 1.35. The first-order chi connectivity index (χ1) is 11.3.